The maximum atomic E-state index is 10.9. The van der Waals surface area contributed by atoms with Crippen LogP contribution in [0.4, 0.5) is 0 Å². The summed E-state index contributed by atoms with van der Waals surface area (Å²) in [4.78, 5) is 9.82. The summed E-state index contributed by atoms with van der Waals surface area (Å²) in [6.45, 7) is 9.13. The highest BCUT2D eigenvalue weighted by Crippen LogP contribution is 2.44. The largest absolute Gasteiger partial charge is 0.493 e. The van der Waals surface area contributed by atoms with Crippen molar-refractivity contribution in [2.24, 2.45) is 11.3 Å². The normalized spacial score (nSPS) is 24.7. The molecule has 158 valence electrons. The molecule has 1 fully saturated rings. The van der Waals surface area contributed by atoms with Crippen LogP contribution < -0.4 is 9.47 Å². The van der Waals surface area contributed by atoms with Crippen LogP contribution in [-0.2, 0) is 13.0 Å². The number of aliphatic hydroxyl groups is 1. The van der Waals surface area contributed by atoms with E-state index in [1.54, 1.807) is 19.5 Å². The number of imidazole rings is 1. The molecule has 3 atom stereocenters. The maximum absolute atomic E-state index is 10.9. The van der Waals surface area contributed by atoms with Crippen molar-refractivity contribution in [3.63, 3.8) is 0 Å². The molecule has 4 rings (SSSR count). The lowest BCUT2D eigenvalue weighted by Crippen LogP contribution is -2.48. The first-order valence-corrected chi connectivity index (χ1v) is 10.6. The van der Waals surface area contributed by atoms with Crippen LogP contribution in [0, 0.1) is 11.3 Å². The molecule has 6 heteroatoms. The lowest BCUT2D eigenvalue weighted by molar-refractivity contribution is -0.0259. The van der Waals surface area contributed by atoms with E-state index in [4.69, 9.17) is 9.47 Å². The van der Waals surface area contributed by atoms with Crippen molar-refractivity contribution >= 4 is 0 Å². The molecule has 1 aromatic carbocycles. The van der Waals surface area contributed by atoms with E-state index in [1.165, 1.54) is 11.1 Å². The highest BCUT2D eigenvalue weighted by Gasteiger charge is 2.39. The van der Waals surface area contributed by atoms with Crippen molar-refractivity contribution < 1.29 is 14.6 Å². The van der Waals surface area contributed by atoms with Crippen LogP contribution >= 0.6 is 0 Å². The number of H-pyrrole nitrogens is 1. The van der Waals surface area contributed by atoms with E-state index in [1.807, 2.05) is 0 Å². The van der Waals surface area contributed by atoms with E-state index < -0.39 is 0 Å². The molecule has 6 nitrogen and oxygen atoms in total. The lowest BCUT2D eigenvalue weighted by Gasteiger charge is -2.47. The van der Waals surface area contributed by atoms with Gasteiger partial charge in [0.2, 0.25) is 0 Å². The predicted octanol–water partition coefficient (Wildman–Crippen LogP) is 3.71. The van der Waals surface area contributed by atoms with Gasteiger partial charge in [-0.1, -0.05) is 20.8 Å². The molecule has 1 saturated heterocycles. The Kier molecular flexibility index (Phi) is 5.58. The third-order valence-corrected chi connectivity index (χ3v) is 6.17. The fourth-order valence-electron chi connectivity index (χ4n) is 4.88. The number of aliphatic hydroxyl groups excluding tert-OH is 1. The zero-order valence-electron chi connectivity index (χ0n) is 17.9. The van der Waals surface area contributed by atoms with E-state index >= 15 is 0 Å². The van der Waals surface area contributed by atoms with Crippen LogP contribution in [-0.4, -0.2) is 46.3 Å². The van der Waals surface area contributed by atoms with Crippen molar-refractivity contribution in [1.82, 2.24) is 14.9 Å². The molecule has 0 radical (unpaired) electrons. The van der Waals surface area contributed by atoms with Gasteiger partial charge in [-0.2, -0.15) is 0 Å². The van der Waals surface area contributed by atoms with Crippen LogP contribution in [0.1, 0.15) is 56.6 Å². The molecule has 2 N–H and O–H groups in total. The van der Waals surface area contributed by atoms with Gasteiger partial charge in [0.15, 0.2) is 11.5 Å². The minimum atomic E-state index is -0.262. The van der Waals surface area contributed by atoms with Gasteiger partial charge in [-0.3, -0.25) is 4.90 Å². The summed E-state index contributed by atoms with van der Waals surface area (Å²) in [7, 11) is 1.68. The lowest BCUT2D eigenvalue weighted by atomic mass is 9.75. The van der Waals surface area contributed by atoms with Gasteiger partial charge in [0.05, 0.1) is 13.2 Å². The Morgan fingerprint density at radius 3 is 2.79 bits per heavy atom. The van der Waals surface area contributed by atoms with Crippen molar-refractivity contribution in [2.75, 3.05) is 20.2 Å². The van der Waals surface area contributed by atoms with Crippen molar-refractivity contribution in [1.29, 1.82) is 0 Å². The van der Waals surface area contributed by atoms with Gasteiger partial charge in [0.1, 0.15) is 12.4 Å². The molecule has 3 heterocycles. The molecular weight excluding hydrogens is 366 g/mol. The topological polar surface area (TPSA) is 70.6 Å². The molecule has 29 heavy (non-hydrogen) atoms. The summed E-state index contributed by atoms with van der Waals surface area (Å²) < 4.78 is 11.6. The summed E-state index contributed by atoms with van der Waals surface area (Å²) in [5.41, 5.74) is 2.80. The summed E-state index contributed by atoms with van der Waals surface area (Å²) >= 11 is 0. The second-order valence-corrected chi connectivity index (χ2v) is 9.62. The number of nitrogens with one attached hydrogen (secondary N) is 1. The number of fused-ring (bicyclic) bond motifs is 3. The first-order chi connectivity index (χ1) is 13.8. The second-order valence-electron chi connectivity index (χ2n) is 9.62. The van der Waals surface area contributed by atoms with Crippen LogP contribution in [0.15, 0.2) is 24.5 Å². The molecule has 0 amide bonds. The molecule has 1 aromatic heterocycles. The van der Waals surface area contributed by atoms with Gasteiger partial charge in [0, 0.05) is 31.5 Å². The van der Waals surface area contributed by atoms with E-state index in [-0.39, 0.29) is 17.6 Å². The molecule has 0 bridgehead atoms. The molecule has 0 saturated carbocycles. The summed E-state index contributed by atoms with van der Waals surface area (Å²) in [6, 6.07) is 4.47. The highest BCUT2D eigenvalue weighted by atomic mass is 16.5. The fraction of sp³-hybridized carbons (Fsp3) is 0.609. The van der Waals surface area contributed by atoms with Crippen molar-refractivity contribution in [3.8, 4) is 11.5 Å². The van der Waals surface area contributed by atoms with Crippen LogP contribution in [0.25, 0.3) is 0 Å². The number of nitrogens with zero attached hydrogens (tertiary/aromatic N) is 2. The number of ether oxygens (including phenoxy) is 2. The van der Waals surface area contributed by atoms with E-state index in [0.29, 0.717) is 12.5 Å². The minimum Gasteiger partial charge on any atom is -0.493 e. The number of piperidine rings is 1. The summed E-state index contributed by atoms with van der Waals surface area (Å²) in [6.07, 6.45) is 6.07. The van der Waals surface area contributed by atoms with E-state index in [2.05, 4.69) is 47.8 Å². The van der Waals surface area contributed by atoms with E-state index in [0.717, 1.165) is 49.7 Å². The molecule has 0 spiro atoms. The Morgan fingerprint density at radius 1 is 1.28 bits per heavy atom. The Bertz CT molecular complexity index is 829. The number of rotatable bonds is 5. The zero-order chi connectivity index (χ0) is 20.6. The zero-order valence-corrected chi connectivity index (χ0v) is 17.9. The Labute approximate surface area is 173 Å². The number of aromatic nitrogens is 2. The highest BCUT2D eigenvalue weighted by molar-refractivity contribution is 5.49. The van der Waals surface area contributed by atoms with Crippen LogP contribution in [0.5, 0.6) is 11.5 Å². The van der Waals surface area contributed by atoms with Gasteiger partial charge in [-0.25, -0.2) is 4.98 Å². The second kappa shape index (κ2) is 8.00. The van der Waals surface area contributed by atoms with Gasteiger partial charge in [-0.05, 0) is 53.9 Å². The molecular formula is C23H33N3O3. The maximum Gasteiger partial charge on any atom is 0.162 e. The van der Waals surface area contributed by atoms with Crippen molar-refractivity contribution in [3.05, 3.63) is 41.5 Å². The third-order valence-electron chi connectivity index (χ3n) is 6.17. The first kappa shape index (κ1) is 20.2. The Hall–Kier alpha value is -2.05. The van der Waals surface area contributed by atoms with Crippen LogP contribution in [0.3, 0.4) is 0 Å². The fourth-order valence-corrected chi connectivity index (χ4v) is 4.88. The number of aromatic amines is 1. The predicted molar refractivity (Wildman–Crippen MR) is 112 cm³/mol. The molecule has 0 aliphatic carbocycles. The average Bonchev–Trinajstić information content (AvgIpc) is 3.19. The SMILES string of the molecule is COc1cc2c(cc1OCc1ncc[nH]1)CCN1C[C@@H](CC(C)(C)C)[C@H](O)C[C@H]21. The standard InChI is InChI=1S/C23H33N3O3/c1-23(2,3)12-16-13-26-8-5-15-9-21(29-14-22-24-6-7-25-22)20(28-4)10-17(15)18(26)11-19(16)27/h6-7,9-10,16,18-19,27H,5,8,11-14H2,1-4H3,(H,24,25)/t16-,18-,19-/m1/s1. The quantitative estimate of drug-likeness (QED) is 0.802. The van der Waals surface area contributed by atoms with Gasteiger partial charge < -0.3 is 19.6 Å². The Balaban J connectivity index is 1.54. The molecule has 0 unspecified atom stereocenters. The Morgan fingerprint density at radius 2 is 2.10 bits per heavy atom. The van der Waals surface area contributed by atoms with Crippen molar-refractivity contribution in [2.45, 2.75) is 58.8 Å². The van der Waals surface area contributed by atoms with Gasteiger partial charge in [-0.15, -0.1) is 0 Å². The summed E-state index contributed by atoms with van der Waals surface area (Å²) in [5, 5.41) is 10.9. The molecule has 2 aliphatic heterocycles. The van der Waals surface area contributed by atoms with Crippen LogP contribution in [0.2, 0.25) is 0 Å². The third kappa shape index (κ3) is 4.43. The first-order valence-electron chi connectivity index (χ1n) is 10.6. The average molecular weight is 400 g/mol. The monoisotopic (exact) mass is 399 g/mol. The number of hydrogen-bond donors (Lipinski definition) is 2. The number of methoxy groups -OCH3 is 1. The summed E-state index contributed by atoms with van der Waals surface area (Å²) in [5.74, 6) is 2.61. The van der Waals surface area contributed by atoms with E-state index in [9.17, 15) is 5.11 Å². The molecule has 2 aromatic rings. The van der Waals surface area contributed by atoms with Gasteiger partial charge in [0.25, 0.3) is 0 Å². The minimum absolute atomic E-state index is 0.232. The number of benzene rings is 1. The molecule has 2 aliphatic rings. The number of hydrogen-bond acceptors (Lipinski definition) is 5. The van der Waals surface area contributed by atoms with Gasteiger partial charge >= 0.3 is 0 Å². The smallest absolute Gasteiger partial charge is 0.162 e.